The minimum absolute atomic E-state index is 0.0613. The van der Waals surface area contributed by atoms with Crippen LogP contribution in [0.25, 0.3) is 11.1 Å². The second-order valence-electron chi connectivity index (χ2n) is 4.47. The van der Waals surface area contributed by atoms with Gasteiger partial charge in [-0.15, -0.1) is 0 Å². The van der Waals surface area contributed by atoms with Gasteiger partial charge in [0.25, 0.3) is 5.69 Å². The van der Waals surface area contributed by atoms with Crippen LogP contribution in [0, 0.1) is 10.1 Å². The van der Waals surface area contributed by atoms with Crippen molar-refractivity contribution in [1.82, 2.24) is 0 Å². The largest absolute Gasteiger partial charge is 0.424 e. The normalized spacial score (nSPS) is 13.3. The molecular formula is C15H16NO5PS. The van der Waals surface area contributed by atoms with Gasteiger partial charge in [0.15, 0.2) is 0 Å². The molecule has 0 heterocycles. The lowest BCUT2D eigenvalue weighted by Crippen LogP contribution is -1.99. The first-order valence-corrected chi connectivity index (χ1v) is 9.38. The molecule has 0 amide bonds. The van der Waals surface area contributed by atoms with Crippen LogP contribution in [0.2, 0.25) is 0 Å². The monoisotopic (exact) mass is 353 g/mol. The van der Waals surface area contributed by atoms with E-state index in [1.165, 1.54) is 19.2 Å². The Labute approximate surface area is 139 Å². The Bertz CT molecular complexity index is 718. The van der Waals surface area contributed by atoms with Gasteiger partial charge in [-0.1, -0.05) is 12.1 Å². The van der Waals surface area contributed by atoms with Crippen LogP contribution >= 0.6 is 6.72 Å². The molecule has 0 spiro atoms. The molecule has 0 fully saturated rings. The number of hydrogen-bond acceptors (Lipinski definition) is 6. The number of rotatable bonds is 7. The number of nitro benzene ring substituents is 1. The molecule has 0 aliphatic heterocycles. The number of nitrogens with zero attached hydrogens (tertiary/aromatic N) is 1. The van der Waals surface area contributed by atoms with Gasteiger partial charge in [0, 0.05) is 31.0 Å². The molecule has 8 heteroatoms. The predicted octanol–water partition coefficient (Wildman–Crippen LogP) is 4.55. The van der Waals surface area contributed by atoms with E-state index in [-0.39, 0.29) is 5.69 Å². The van der Waals surface area contributed by atoms with Gasteiger partial charge in [0.2, 0.25) is 0 Å². The van der Waals surface area contributed by atoms with Crippen LogP contribution in [0.5, 0.6) is 5.75 Å². The predicted molar refractivity (Wildman–Crippen MR) is 92.1 cm³/mol. The molecule has 1 unspecified atom stereocenters. The molecule has 0 saturated heterocycles. The quantitative estimate of drug-likeness (QED) is 0.413. The number of benzene rings is 2. The number of non-ortho nitro benzene ring substituents is 1. The van der Waals surface area contributed by atoms with E-state index in [2.05, 4.69) is 0 Å². The van der Waals surface area contributed by atoms with Crippen molar-refractivity contribution >= 4 is 24.2 Å². The summed E-state index contributed by atoms with van der Waals surface area (Å²) in [6.45, 7) is -0.539. The van der Waals surface area contributed by atoms with E-state index in [9.17, 15) is 10.1 Å². The van der Waals surface area contributed by atoms with E-state index in [1.807, 2.05) is 19.1 Å². The minimum Gasteiger partial charge on any atom is -0.424 e. The van der Waals surface area contributed by atoms with Gasteiger partial charge in [-0.2, -0.15) is 0 Å². The van der Waals surface area contributed by atoms with Gasteiger partial charge in [-0.25, -0.2) is 0 Å². The smallest absolute Gasteiger partial charge is 0.380 e. The van der Waals surface area contributed by atoms with Crippen LogP contribution in [0.3, 0.4) is 0 Å². The average molecular weight is 353 g/mol. The van der Waals surface area contributed by atoms with Crippen LogP contribution in [-0.2, 0) is 20.9 Å². The summed E-state index contributed by atoms with van der Waals surface area (Å²) in [7, 11) is 1.46. The van der Waals surface area contributed by atoms with Gasteiger partial charge in [0.1, 0.15) is 5.75 Å². The van der Waals surface area contributed by atoms with Gasteiger partial charge in [-0.3, -0.25) is 14.6 Å². The maximum Gasteiger partial charge on any atom is 0.380 e. The summed E-state index contributed by atoms with van der Waals surface area (Å²) in [6, 6.07) is 13.6. The van der Waals surface area contributed by atoms with Gasteiger partial charge < -0.3 is 9.05 Å². The maximum atomic E-state index is 10.7. The highest BCUT2D eigenvalue weighted by Gasteiger charge is 2.19. The molecule has 2 rings (SSSR count). The molecule has 2 aromatic rings. The third-order valence-electron chi connectivity index (χ3n) is 2.99. The zero-order valence-corrected chi connectivity index (χ0v) is 14.4. The topological polar surface area (TPSA) is 70.8 Å². The fourth-order valence-electron chi connectivity index (χ4n) is 1.89. The van der Waals surface area contributed by atoms with Crippen molar-refractivity contribution in [3.63, 3.8) is 0 Å². The first kappa shape index (κ1) is 17.6. The summed E-state index contributed by atoms with van der Waals surface area (Å²) in [5, 5.41) is 10.7. The molecule has 6 nitrogen and oxygen atoms in total. The Morgan fingerprint density at radius 1 is 1.09 bits per heavy atom. The molecule has 2 aromatic carbocycles. The highest BCUT2D eigenvalue weighted by molar-refractivity contribution is 8.07. The fraction of sp³-hybridized carbons (Fsp3) is 0.200. The van der Waals surface area contributed by atoms with Crippen LogP contribution in [0.4, 0.5) is 5.69 Å². The van der Waals surface area contributed by atoms with E-state index < -0.39 is 11.6 Å². The second kappa shape index (κ2) is 7.66. The molecule has 122 valence electrons. The summed E-state index contributed by atoms with van der Waals surface area (Å²) in [6.07, 6.45) is 0. The van der Waals surface area contributed by atoms with E-state index in [0.29, 0.717) is 12.4 Å². The molecule has 23 heavy (non-hydrogen) atoms. The molecule has 1 atom stereocenters. The van der Waals surface area contributed by atoms with Crippen molar-refractivity contribution in [3.8, 4) is 16.9 Å². The van der Waals surface area contributed by atoms with Crippen molar-refractivity contribution in [1.29, 1.82) is 0 Å². The van der Waals surface area contributed by atoms with Crippen molar-refractivity contribution in [2.75, 3.05) is 13.7 Å². The summed E-state index contributed by atoms with van der Waals surface area (Å²) in [5.74, 6) is 0.550. The SMILES string of the molecule is CCOP(=S)(OC)Oc1ccc(-c2ccc([N+](=O)[O-])cc2)cc1. The van der Waals surface area contributed by atoms with Gasteiger partial charge in [-0.05, 0) is 42.3 Å². The van der Waals surface area contributed by atoms with E-state index >= 15 is 0 Å². The number of nitro groups is 1. The zero-order valence-electron chi connectivity index (χ0n) is 12.7. The zero-order chi connectivity index (χ0) is 16.9. The minimum atomic E-state index is -2.77. The Morgan fingerprint density at radius 3 is 2.04 bits per heavy atom. The molecule has 0 aromatic heterocycles. The molecule has 0 radical (unpaired) electrons. The van der Waals surface area contributed by atoms with E-state index in [4.69, 9.17) is 25.4 Å². The summed E-state index contributed by atoms with van der Waals surface area (Å²) in [5.41, 5.74) is 1.85. The first-order valence-electron chi connectivity index (χ1n) is 6.82. The lowest BCUT2D eigenvalue weighted by Gasteiger charge is -2.19. The Morgan fingerprint density at radius 2 is 1.61 bits per heavy atom. The van der Waals surface area contributed by atoms with Gasteiger partial charge in [0.05, 0.1) is 11.5 Å². The highest BCUT2D eigenvalue weighted by atomic mass is 32.5. The lowest BCUT2D eigenvalue weighted by atomic mass is 10.1. The molecule has 0 bridgehead atoms. The van der Waals surface area contributed by atoms with Crippen molar-refractivity contribution in [2.45, 2.75) is 6.92 Å². The van der Waals surface area contributed by atoms with E-state index in [0.717, 1.165) is 11.1 Å². The van der Waals surface area contributed by atoms with Crippen LogP contribution in [0.1, 0.15) is 6.92 Å². The van der Waals surface area contributed by atoms with Crippen molar-refractivity contribution in [3.05, 3.63) is 58.6 Å². The van der Waals surface area contributed by atoms with Crippen molar-refractivity contribution in [2.24, 2.45) is 0 Å². The number of hydrogen-bond donors (Lipinski definition) is 0. The third kappa shape index (κ3) is 4.59. The average Bonchev–Trinajstić information content (AvgIpc) is 2.56. The van der Waals surface area contributed by atoms with Crippen LogP contribution in [0.15, 0.2) is 48.5 Å². The molecule has 0 aliphatic rings. The third-order valence-corrected chi connectivity index (χ3v) is 5.44. The van der Waals surface area contributed by atoms with Crippen LogP contribution < -0.4 is 4.52 Å². The summed E-state index contributed by atoms with van der Waals surface area (Å²) in [4.78, 5) is 10.2. The lowest BCUT2D eigenvalue weighted by molar-refractivity contribution is -0.384. The summed E-state index contributed by atoms with van der Waals surface area (Å²) < 4.78 is 16.1. The highest BCUT2D eigenvalue weighted by Crippen LogP contribution is 2.49. The summed E-state index contributed by atoms with van der Waals surface area (Å²) >= 11 is 5.23. The first-order chi connectivity index (χ1) is 11.0. The van der Waals surface area contributed by atoms with Gasteiger partial charge >= 0.3 is 6.72 Å². The molecule has 0 aliphatic carbocycles. The molecule has 0 saturated carbocycles. The maximum absolute atomic E-state index is 10.7. The Hall–Kier alpha value is -1.79. The molecule has 0 N–H and O–H groups in total. The Kier molecular flexibility index (Phi) is 5.85. The van der Waals surface area contributed by atoms with Crippen LogP contribution in [-0.4, -0.2) is 18.6 Å². The standard InChI is InChI=1S/C15H16NO5PS/c1-3-20-22(23,19-2)21-15-10-6-13(7-11-15)12-4-8-14(9-5-12)16(17)18/h4-11H,3H2,1-2H3. The van der Waals surface area contributed by atoms with Crippen molar-refractivity contribution < 1.29 is 18.5 Å². The second-order valence-corrected chi connectivity index (χ2v) is 7.51. The molecular weight excluding hydrogens is 337 g/mol. The Balaban J connectivity index is 2.16. The van der Waals surface area contributed by atoms with E-state index in [1.54, 1.807) is 24.3 Å². The fourth-order valence-corrected chi connectivity index (χ4v) is 3.39.